The molecule has 2 N–H and O–H groups in total. The van der Waals surface area contributed by atoms with E-state index in [0.29, 0.717) is 12.2 Å². The molecule has 0 saturated heterocycles. The summed E-state index contributed by atoms with van der Waals surface area (Å²) in [7, 11) is 0. The molecule has 0 radical (unpaired) electrons. The first-order chi connectivity index (χ1) is 16.6. The van der Waals surface area contributed by atoms with Gasteiger partial charge in [0.2, 0.25) is 0 Å². The van der Waals surface area contributed by atoms with Gasteiger partial charge in [0, 0.05) is 26.1 Å². The number of fused-ring (bicyclic) bond motifs is 1. The van der Waals surface area contributed by atoms with Crippen LogP contribution in [0.1, 0.15) is 48.9 Å². The Kier molecular flexibility index (Phi) is 6.54. The third-order valence-corrected chi connectivity index (χ3v) is 7.95. The Morgan fingerprint density at radius 2 is 1.68 bits per heavy atom. The van der Waals surface area contributed by atoms with Crippen LogP contribution in [0.3, 0.4) is 0 Å². The van der Waals surface area contributed by atoms with Gasteiger partial charge < -0.3 is 14.9 Å². The van der Waals surface area contributed by atoms with E-state index in [9.17, 15) is 15.0 Å². The van der Waals surface area contributed by atoms with Crippen molar-refractivity contribution in [1.29, 1.82) is 0 Å². The largest absolute Gasteiger partial charge is 0.508 e. The summed E-state index contributed by atoms with van der Waals surface area (Å²) in [5.41, 5.74) is 3.28. The number of hydrogen-bond donors (Lipinski definition) is 2. The lowest BCUT2D eigenvalue weighted by atomic mass is 9.87. The number of carbonyl (C=O) groups is 1. The molecule has 0 amide bonds. The van der Waals surface area contributed by atoms with Crippen LogP contribution in [0.2, 0.25) is 0 Å². The van der Waals surface area contributed by atoms with Crippen LogP contribution in [0.15, 0.2) is 60.7 Å². The first kappa shape index (κ1) is 22.5. The Balaban J connectivity index is 1.55. The molecule has 0 aliphatic heterocycles. The molecule has 0 bridgehead atoms. The molecule has 174 valence electrons. The van der Waals surface area contributed by atoms with E-state index in [1.54, 1.807) is 35.6 Å². The van der Waals surface area contributed by atoms with E-state index in [1.165, 1.54) is 32.1 Å². The van der Waals surface area contributed by atoms with Gasteiger partial charge in [-0.2, -0.15) is 0 Å². The lowest BCUT2D eigenvalue weighted by molar-refractivity contribution is 0.112. The molecule has 3 aromatic carbocycles. The molecule has 1 aliphatic carbocycles. The summed E-state index contributed by atoms with van der Waals surface area (Å²) in [6.07, 6.45) is 8.53. The lowest BCUT2D eigenvalue weighted by Crippen LogP contribution is -2.10. The van der Waals surface area contributed by atoms with Gasteiger partial charge in [-0.25, -0.2) is 0 Å². The molecule has 0 atom stereocenters. The number of aromatic hydroxyl groups is 2. The molecule has 4 aromatic rings. The van der Waals surface area contributed by atoms with E-state index >= 15 is 0 Å². The highest BCUT2D eigenvalue weighted by atomic mass is 32.1. The average molecular weight is 473 g/mol. The third-order valence-electron chi connectivity index (χ3n) is 6.74. The Labute approximate surface area is 203 Å². The minimum Gasteiger partial charge on any atom is -0.508 e. The van der Waals surface area contributed by atoms with Crippen molar-refractivity contribution in [3.63, 3.8) is 0 Å². The molecule has 1 aromatic heterocycles. The Morgan fingerprint density at radius 1 is 0.912 bits per heavy atom. The van der Waals surface area contributed by atoms with Crippen molar-refractivity contribution in [2.75, 3.05) is 6.61 Å². The smallest absolute Gasteiger partial charge is 0.150 e. The topological polar surface area (TPSA) is 66.8 Å². The van der Waals surface area contributed by atoms with Gasteiger partial charge in [0.05, 0.1) is 6.61 Å². The highest BCUT2D eigenvalue weighted by molar-refractivity contribution is 7.23. The van der Waals surface area contributed by atoms with Crippen LogP contribution in [-0.4, -0.2) is 23.1 Å². The molecule has 1 saturated carbocycles. The molecule has 0 spiro atoms. The van der Waals surface area contributed by atoms with Gasteiger partial charge >= 0.3 is 0 Å². The van der Waals surface area contributed by atoms with Gasteiger partial charge in [-0.3, -0.25) is 4.79 Å². The summed E-state index contributed by atoms with van der Waals surface area (Å²) in [4.78, 5) is 13.0. The predicted octanol–water partition coefficient (Wildman–Crippen LogP) is 7.81. The zero-order valence-corrected chi connectivity index (χ0v) is 19.8. The minimum absolute atomic E-state index is 0.200. The average Bonchev–Trinajstić information content (AvgIpc) is 3.23. The number of hydrogen-bond acceptors (Lipinski definition) is 5. The fourth-order valence-corrected chi connectivity index (χ4v) is 6.19. The van der Waals surface area contributed by atoms with Crippen LogP contribution < -0.4 is 4.74 Å². The maximum Gasteiger partial charge on any atom is 0.150 e. The van der Waals surface area contributed by atoms with E-state index in [-0.39, 0.29) is 11.5 Å². The van der Waals surface area contributed by atoms with Crippen molar-refractivity contribution in [1.82, 2.24) is 0 Å². The van der Waals surface area contributed by atoms with Crippen molar-refractivity contribution in [2.45, 2.75) is 38.5 Å². The van der Waals surface area contributed by atoms with Crippen LogP contribution in [0.4, 0.5) is 0 Å². The van der Waals surface area contributed by atoms with Crippen molar-refractivity contribution in [3.05, 3.63) is 66.2 Å². The van der Waals surface area contributed by atoms with Crippen LogP contribution in [0, 0.1) is 5.92 Å². The molecule has 1 fully saturated rings. The zero-order chi connectivity index (χ0) is 23.5. The molecular weight excluding hydrogens is 444 g/mol. The zero-order valence-electron chi connectivity index (χ0n) is 19.0. The van der Waals surface area contributed by atoms with E-state index in [2.05, 4.69) is 0 Å². The van der Waals surface area contributed by atoms with Crippen LogP contribution >= 0.6 is 11.3 Å². The van der Waals surface area contributed by atoms with Gasteiger partial charge in [0.15, 0.2) is 6.29 Å². The normalized spacial score (nSPS) is 14.4. The number of rotatable bonds is 7. The fourth-order valence-electron chi connectivity index (χ4n) is 4.93. The highest BCUT2D eigenvalue weighted by Gasteiger charge is 2.20. The molecule has 34 heavy (non-hydrogen) atoms. The summed E-state index contributed by atoms with van der Waals surface area (Å²) >= 11 is 1.56. The van der Waals surface area contributed by atoms with Crippen LogP contribution in [0.25, 0.3) is 31.7 Å². The summed E-state index contributed by atoms with van der Waals surface area (Å²) in [5, 5.41) is 20.8. The molecule has 1 aliphatic rings. The van der Waals surface area contributed by atoms with Gasteiger partial charge in [0.25, 0.3) is 0 Å². The monoisotopic (exact) mass is 472 g/mol. The second kappa shape index (κ2) is 9.90. The van der Waals surface area contributed by atoms with E-state index in [1.807, 2.05) is 36.4 Å². The van der Waals surface area contributed by atoms with Crippen molar-refractivity contribution < 1.29 is 19.7 Å². The molecular formula is C29H28O4S. The predicted molar refractivity (Wildman–Crippen MR) is 138 cm³/mol. The second-order valence-corrected chi connectivity index (χ2v) is 10.1. The highest BCUT2D eigenvalue weighted by Crippen LogP contribution is 2.47. The summed E-state index contributed by atoms with van der Waals surface area (Å²) in [5.74, 6) is 1.90. The quantitative estimate of drug-likeness (QED) is 0.269. The Bertz CT molecular complexity index is 1300. The fraction of sp³-hybridized carbons (Fsp3) is 0.276. The number of aldehydes is 1. The summed E-state index contributed by atoms with van der Waals surface area (Å²) < 4.78 is 7.08. The van der Waals surface area contributed by atoms with Gasteiger partial charge in [-0.15, -0.1) is 11.3 Å². The lowest BCUT2D eigenvalue weighted by Gasteiger charge is -2.21. The molecule has 0 unspecified atom stereocenters. The maximum absolute atomic E-state index is 12.0. The van der Waals surface area contributed by atoms with Crippen molar-refractivity contribution in [3.8, 4) is 38.8 Å². The Hall–Kier alpha value is -3.31. The van der Waals surface area contributed by atoms with Gasteiger partial charge in [-0.1, -0.05) is 32.1 Å². The third kappa shape index (κ3) is 4.66. The number of thiophene rings is 1. The number of phenols is 2. The van der Waals surface area contributed by atoms with E-state index < -0.39 is 0 Å². The molecule has 5 rings (SSSR count). The Morgan fingerprint density at radius 3 is 2.44 bits per heavy atom. The first-order valence-corrected chi connectivity index (χ1v) is 12.7. The van der Waals surface area contributed by atoms with E-state index in [4.69, 9.17) is 4.74 Å². The minimum atomic E-state index is 0.200. The number of phenolic OH excluding ortho intramolecular Hbond substituents is 2. The van der Waals surface area contributed by atoms with Gasteiger partial charge in [-0.05, 0) is 84.1 Å². The van der Waals surface area contributed by atoms with Crippen LogP contribution in [0.5, 0.6) is 17.2 Å². The summed E-state index contributed by atoms with van der Waals surface area (Å²) in [6, 6.07) is 18.0. The SMILES string of the molecule is O=Cc1ccc(OCCC2CCCCC2)cc1-c1c(-c2ccc(O)cc2)sc2cc(O)ccc12. The number of ether oxygens (including phenoxy) is 1. The molecule has 5 heteroatoms. The standard InChI is InChI=1S/C29H28O4S/c30-18-21-8-12-24(33-15-14-19-4-2-1-3-5-19)17-26(21)28-25-13-11-23(32)16-27(25)34-29(28)20-6-9-22(31)10-7-20/h6-13,16-19,31-32H,1-5,14-15H2. The first-order valence-electron chi connectivity index (χ1n) is 11.9. The van der Waals surface area contributed by atoms with Crippen molar-refractivity contribution >= 4 is 27.7 Å². The van der Waals surface area contributed by atoms with Gasteiger partial charge in [0.1, 0.15) is 17.2 Å². The molecule has 4 nitrogen and oxygen atoms in total. The summed E-state index contributed by atoms with van der Waals surface area (Å²) in [6.45, 7) is 0.674. The number of carbonyl (C=O) groups excluding carboxylic acids is 1. The van der Waals surface area contributed by atoms with Crippen LogP contribution in [-0.2, 0) is 0 Å². The van der Waals surface area contributed by atoms with Crippen molar-refractivity contribution in [2.24, 2.45) is 5.92 Å². The maximum atomic E-state index is 12.0. The van der Waals surface area contributed by atoms with E-state index in [0.717, 1.165) is 56.0 Å². The molecule has 1 heterocycles. The second-order valence-electron chi connectivity index (χ2n) is 9.04. The number of benzene rings is 3.